The van der Waals surface area contributed by atoms with Gasteiger partial charge in [0.2, 0.25) is 5.91 Å². The van der Waals surface area contributed by atoms with Crippen LogP contribution in [0.4, 0.5) is 5.69 Å². The topological polar surface area (TPSA) is 82.2 Å². The lowest BCUT2D eigenvalue weighted by Gasteiger charge is -2.18. The second-order valence-electron chi connectivity index (χ2n) is 5.06. The SMILES string of the molecule is COCC(C)Nc1cc(C(N)=O)ccc1-n1cc(C)cn1. The molecular formula is C15H20N4O2. The number of primary amides is 1. The molecule has 0 saturated carbocycles. The summed E-state index contributed by atoms with van der Waals surface area (Å²) >= 11 is 0. The van der Waals surface area contributed by atoms with Gasteiger partial charge >= 0.3 is 0 Å². The van der Waals surface area contributed by atoms with E-state index in [4.69, 9.17) is 10.5 Å². The number of aryl methyl sites for hydroxylation is 1. The van der Waals surface area contributed by atoms with Crippen molar-refractivity contribution < 1.29 is 9.53 Å². The molecule has 0 radical (unpaired) electrons. The van der Waals surface area contributed by atoms with Crippen LogP contribution in [0, 0.1) is 6.92 Å². The maximum Gasteiger partial charge on any atom is 0.248 e. The van der Waals surface area contributed by atoms with Crippen molar-refractivity contribution in [2.45, 2.75) is 19.9 Å². The van der Waals surface area contributed by atoms with E-state index in [1.165, 1.54) is 0 Å². The smallest absolute Gasteiger partial charge is 0.248 e. The van der Waals surface area contributed by atoms with Crippen LogP contribution in [-0.4, -0.2) is 35.4 Å². The lowest BCUT2D eigenvalue weighted by Crippen LogP contribution is -2.22. The molecule has 1 unspecified atom stereocenters. The Bertz CT molecular complexity index is 636. The second-order valence-corrected chi connectivity index (χ2v) is 5.06. The first-order valence-electron chi connectivity index (χ1n) is 6.72. The summed E-state index contributed by atoms with van der Waals surface area (Å²) in [5.74, 6) is -0.458. The summed E-state index contributed by atoms with van der Waals surface area (Å²) in [4.78, 5) is 11.4. The van der Waals surface area contributed by atoms with Crippen LogP contribution in [0.2, 0.25) is 0 Å². The maximum absolute atomic E-state index is 11.4. The van der Waals surface area contributed by atoms with Crippen LogP contribution in [0.5, 0.6) is 0 Å². The largest absolute Gasteiger partial charge is 0.383 e. The molecule has 1 amide bonds. The van der Waals surface area contributed by atoms with Crippen LogP contribution in [0.25, 0.3) is 5.69 Å². The van der Waals surface area contributed by atoms with Gasteiger partial charge in [0, 0.05) is 24.9 Å². The lowest BCUT2D eigenvalue weighted by atomic mass is 10.1. The number of benzene rings is 1. The van der Waals surface area contributed by atoms with E-state index in [-0.39, 0.29) is 6.04 Å². The third kappa shape index (κ3) is 3.61. The summed E-state index contributed by atoms with van der Waals surface area (Å²) in [5.41, 5.74) is 8.51. The number of rotatable bonds is 6. The molecule has 2 rings (SSSR count). The normalized spacial score (nSPS) is 12.1. The number of anilines is 1. The Morgan fingerprint density at radius 3 is 2.86 bits per heavy atom. The van der Waals surface area contributed by atoms with Gasteiger partial charge in [-0.05, 0) is 37.6 Å². The predicted molar refractivity (Wildman–Crippen MR) is 81.8 cm³/mol. The number of methoxy groups -OCH3 is 1. The van der Waals surface area contributed by atoms with Crippen molar-refractivity contribution in [2.75, 3.05) is 19.0 Å². The Morgan fingerprint density at radius 2 is 2.29 bits per heavy atom. The molecule has 0 aliphatic heterocycles. The summed E-state index contributed by atoms with van der Waals surface area (Å²) in [6, 6.07) is 5.35. The van der Waals surface area contributed by atoms with E-state index >= 15 is 0 Å². The number of nitrogens with two attached hydrogens (primary N) is 1. The summed E-state index contributed by atoms with van der Waals surface area (Å²) in [7, 11) is 1.65. The zero-order chi connectivity index (χ0) is 15.4. The third-order valence-electron chi connectivity index (χ3n) is 3.06. The fourth-order valence-electron chi connectivity index (χ4n) is 2.11. The van der Waals surface area contributed by atoms with E-state index in [1.807, 2.05) is 26.1 Å². The predicted octanol–water partition coefficient (Wildman–Crippen LogP) is 1.73. The molecule has 0 aliphatic rings. The first-order chi connectivity index (χ1) is 10.0. The van der Waals surface area contributed by atoms with E-state index < -0.39 is 5.91 Å². The van der Waals surface area contributed by atoms with Crippen molar-refractivity contribution in [1.29, 1.82) is 0 Å². The monoisotopic (exact) mass is 288 g/mol. The fourth-order valence-corrected chi connectivity index (χ4v) is 2.11. The molecule has 3 N–H and O–H groups in total. The number of ether oxygens (including phenoxy) is 1. The van der Waals surface area contributed by atoms with E-state index in [0.29, 0.717) is 12.2 Å². The van der Waals surface area contributed by atoms with Crippen molar-refractivity contribution in [3.8, 4) is 5.69 Å². The minimum Gasteiger partial charge on any atom is -0.383 e. The number of amides is 1. The minimum absolute atomic E-state index is 0.0912. The third-order valence-corrected chi connectivity index (χ3v) is 3.06. The van der Waals surface area contributed by atoms with Crippen LogP contribution in [0.1, 0.15) is 22.8 Å². The fraction of sp³-hybridized carbons (Fsp3) is 0.333. The lowest BCUT2D eigenvalue weighted by molar-refractivity contribution is 0.100. The van der Waals surface area contributed by atoms with Gasteiger partial charge in [0.15, 0.2) is 0 Å². The zero-order valence-corrected chi connectivity index (χ0v) is 12.5. The van der Waals surface area contributed by atoms with Crippen LogP contribution in [0.3, 0.4) is 0 Å². The highest BCUT2D eigenvalue weighted by Crippen LogP contribution is 2.23. The van der Waals surface area contributed by atoms with E-state index in [2.05, 4.69) is 10.4 Å². The highest BCUT2D eigenvalue weighted by atomic mass is 16.5. The van der Waals surface area contributed by atoms with Gasteiger partial charge in [-0.1, -0.05) is 0 Å². The molecule has 0 saturated heterocycles. The molecular weight excluding hydrogens is 268 g/mol. The highest BCUT2D eigenvalue weighted by molar-refractivity contribution is 5.94. The Kier molecular flexibility index (Phi) is 4.59. The summed E-state index contributed by atoms with van der Waals surface area (Å²) in [6.45, 7) is 4.53. The number of nitrogens with one attached hydrogen (secondary N) is 1. The number of hydrogen-bond acceptors (Lipinski definition) is 4. The standard InChI is InChI=1S/C15H20N4O2/c1-10-7-17-19(8-10)14-5-4-12(15(16)20)6-13(14)18-11(2)9-21-3/h4-8,11,18H,9H2,1-3H3,(H2,16,20). The minimum atomic E-state index is -0.458. The van der Waals surface area contributed by atoms with Crippen molar-refractivity contribution in [3.63, 3.8) is 0 Å². The highest BCUT2D eigenvalue weighted by Gasteiger charge is 2.12. The van der Waals surface area contributed by atoms with Crippen molar-refractivity contribution in [1.82, 2.24) is 9.78 Å². The van der Waals surface area contributed by atoms with Crippen LogP contribution < -0.4 is 11.1 Å². The molecule has 1 heterocycles. The Morgan fingerprint density at radius 1 is 1.52 bits per heavy atom. The summed E-state index contributed by atoms with van der Waals surface area (Å²) in [6.07, 6.45) is 3.70. The van der Waals surface area contributed by atoms with Crippen molar-refractivity contribution in [2.24, 2.45) is 5.73 Å². The van der Waals surface area contributed by atoms with Gasteiger partial charge in [0.1, 0.15) is 0 Å². The molecule has 0 fully saturated rings. The van der Waals surface area contributed by atoms with Gasteiger partial charge in [0.25, 0.3) is 0 Å². The van der Waals surface area contributed by atoms with E-state index in [1.54, 1.807) is 30.1 Å². The van der Waals surface area contributed by atoms with Gasteiger partial charge in [-0.3, -0.25) is 4.79 Å². The molecule has 112 valence electrons. The van der Waals surface area contributed by atoms with Gasteiger partial charge in [0.05, 0.1) is 24.2 Å². The first kappa shape index (κ1) is 15.1. The van der Waals surface area contributed by atoms with Crippen LogP contribution in [-0.2, 0) is 4.74 Å². The van der Waals surface area contributed by atoms with Gasteiger partial charge in [-0.2, -0.15) is 5.10 Å². The Labute approximate surface area is 123 Å². The molecule has 0 aliphatic carbocycles. The second kappa shape index (κ2) is 6.41. The molecule has 6 nitrogen and oxygen atoms in total. The molecule has 2 aromatic rings. The molecule has 1 atom stereocenters. The van der Waals surface area contributed by atoms with Gasteiger partial charge in [-0.25, -0.2) is 4.68 Å². The average Bonchev–Trinajstić information content (AvgIpc) is 2.85. The summed E-state index contributed by atoms with van der Waals surface area (Å²) in [5, 5.41) is 7.62. The van der Waals surface area contributed by atoms with Crippen LogP contribution in [0.15, 0.2) is 30.6 Å². The van der Waals surface area contributed by atoms with Gasteiger partial charge < -0.3 is 15.8 Å². The number of carbonyl (C=O) groups excluding carboxylic acids is 1. The van der Waals surface area contributed by atoms with Gasteiger partial charge in [-0.15, -0.1) is 0 Å². The quantitative estimate of drug-likeness (QED) is 0.848. The molecule has 6 heteroatoms. The van der Waals surface area contributed by atoms with E-state index in [9.17, 15) is 4.79 Å². The molecule has 0 spiro atoms. The number of nitrogens with zero attached hydrogens (tertiary/aromatic N) is 2. The molecule has 1 aromatic heterocycles. The zero-order valence-electron chi connectivity index (χ0n) is 12.5. The first-order valence-corrected chi connectivity index (χ1v) is 6.72. The molecule has 1 aromatic carbocycles. The van der Waals surface area contributed by atoms with E-state index in [0.717, 1.165) is 16.9 Å². The summed E-state index contributed by atoms with van der Waals surface area (Å²) < 4.78 is 6.89. The number of hydrogen-bond donors (Lipinski definition) is 2. The number of carbonyl (C=O) groups is 1. The Hall–Kier alpha value is -2.34. The molecule has 21 heavy (non-hydrogen) atoms. The van der Waals surface area contributed by atoms with Crippen LogP contribution >= 0.6 is 0 Å². The number of aromatic nitrogens is 2. The van der Waals surface area contributed by atoms with Crippen molar-refractivity contribution in [3.05, 3.63) is 41.7 Å². The average molecular weight is 288 g/mol. The Balaban J connectivity index is 2.41. The van der Waals surface area contributed by atoms with Crippen molar-refractivity contribution >= 4 is 11.6 Å². The molecule has 0 bridgehead atoms. The maximum atomic E-state index is 11.4.